The molecule has 0 amide bonds. The molecule has 3 nitrogen and oxygen atoms in total. The molecular weight excluding hydrogens is 240 g/mol. The SMILES string of the molecule is COC(=O)CC(CCc1ccc(Cl)cc1)OC. The van der Waals surface area contributed by atoms with Crippen molar-refractivity contribution in [3.63, 3.8) is 0 Å². The van der Waals surface area contributed by atoms with Crippen molar-refractivity contribution >= 4 is 17.6 Å². The number of hydrogen-bond donors (Lipinski definition) is 0. The van der Waals surface area contributed by atoms with Crippen molar-refractivity contribution in [1.29, 1.82) is 0 Å². The maximum Gasteiger partial charge on any atom is 0.308 e. The summed E-state index contributed by atoms with van der Waals surface area (Å²) in [6, 6.07) is 7.68. The van der Waals surface area contributed by atoms with E-state index in [4.69, 9.17) is 16.3 Å². The molecule has 0 saturated carbocycles. The Labute approximate surface area is 107 Å². The van der Waals surface area contributed by atoms with E-state index < -0.39 is 0 Å². The third kappa shape index (κ3) is 5.20. The van der Waals surface area contributed by atoms with E-state index in [-0.39, 0.29) is 12.1 Å². The Morgan fingerprint density at radius 2 is 1.94 bits per heavy atom. The molecule has 0 radical (unpaired) electrons. The first-order chi connectivity index (χ1) is 8.15. The van der Waals surface area contributed by atoms with Crippen LogP contribution >= 0.6 is 11.6 Å². The van der Waals surface area contributed by atoms with Gasteiger partial charge in [0.05, 0.1) is 19.6 Å². The van der Waals surface area contributed by atoms with Crippen LogP contribution in [-0.2, 0) is 20.7 Å². The molecule has 0 saturated heterocycles. The zero-order valence-electron chi connectivity index (χ0n) is 10.1. The van der Waals surface area contributed by atoms with Gasteiger partial charge in [-0.25, -0.2) is 0 Å². The van der Waals surface area contributed by atoms with Gasteiger partial charge in [-0.1, -0.05) is 23.7 Å². The summed E-state index contributed by atoms with van der Waals surface area (Å²) in [4.78, 5) is 11.1. The van der Waals surface area contributed by atoms with Crippen molar-refractivity contribution < 1.29 is 14.3 Å². The first-order valence-corrected chi connectivity index (χ1v) is 5.87. The second kappa shape index (κ2) is 7.30. The summed E-state index contributed by atoms with van der Waals surface area (Å²) in [5.41, 5.74) is 1.18. The van der Waals surface area contributed by atoms with Crippen LogP contribution in [0.4, 0.5) is 0 Å². The van der Waals surface area contributed by atoms with Crippen molar-refractivity contribution in [2.75, 3.05) is 14.2 Å². The van der Waals surface area contributed by atoms with Crippen molar-refractivity contribution in [1.82, 2.24) is 0 Å². The van der Waals surface area contributed by atoms with Crippen LogP contribution in [0.5, 0.6) is 0 Å². The number of rotatable bonds is 6. The Bertz CT molecular complexity index is 348. The van der Waals surface area contributed by atoms with Crippen LogP contribution in [-0.4, -0.2) is 26.3 Å². The van der Waals surface area contributed by atoms with Crippen LogP contribution in [0.25, 0.3) is 0 Å². The van der Waals surface area contributed by atoms with Gasteiger partial charge in [0.25, 0.3) is 0 Å². The summed E-state index contributed by atoms with van der Waals surface area (Å²) in [6.45, 7) is 0. The number of carbonyl (C=O) groups excluding carboxylic acids is 1. The molecule has 0 N–H and O–H groups in total. The molecule has 0 bridgehead atoms. The molecule has 0 aromatic heterocycles. The monoisotopic (exact) mass is 256 g/mol. The molecule has 1 atom stereocenters. The van der Waals surface area contributed by atoms with Crippen LogP contribution in [0.1, 0.15) is 18.4 Å². The van der Waals surface area contributed by atoms with E-state index in [1.807, 2.05) is 24.3 Å². The number of carbonyl (C=O) groups is 1. The minimum atomic E-state index is -0.243. The van der Waals surface area contributed by atoms with Crippen LogP contribution in [0.2, 0.25) is 5.02 Å². The predicted octanol–water partition coefficient (Wildman–Crippen LogP) is 2.85. The molecule has 1 unspecified atom stereocenters. The topological polar surface area (TPSA) is 35.5 Å². The fourth-order valence-corrected chi connectivity index (χ4v) is 1.68. The summed E-state index contributed by atoms with van der Waals surface area (Å²) in [7, 11) is 2.99. The average molecular weight is 257 g/mol. The Morgan fingerprint density at radius 1 is 1.29 bits per heavy atom. The van der Waals surface area contributed by atoms with Crippen LogP contribution in [0.3, 0.4) is 0 Å². The standard InChI is InChI=1S/C13H17ClO3/c1-16-12(9-13(15)17-2)8-5-10-3-6-11(14)7-4-10/h3-4,6-7,12H,5,8-9H2,1-2H3. The van der Waals surface area contributed by atoms with Gasteiger partial charge in [-0.2, -0.15) is 0 Å². The summed E-state index contributed by atoms with van der Waals surface area (Å²) >= 11 is 5.80. The first kappa shape index (κ1) is 14.0. The normalized spacial score (nSPS) is 12.2. The molecule has 4 heteroatoms. The van der Waals surface area contributed by atoms with Crippen molar-refractivity contribution in [2.45, 2.75) is 25.4 Å². The van der Waals surface area contributed by atoms with Gasteiger partial charge >= 0.3 is 5.97 Å². The van der Waals surface area contributed by atoms with E-state index in [1.165, 1.54) is 12.7 Å². The number of benzene rings is 1. The highest BCUT2D eigenvalue weighted by Gasteiger charge is 2.13. The van der Waals surface area contributed by atoms with E-state index in [0.29, 0.717) is 6.42 Å². The number of ether oxygens (including phenoxy) is 2. The van der Waals surface area contributed by atoms with E-state index in [2.05, 4.69) is 4.74 Å². The molecule has 94 valence electrons. The van der Waals surface area contributed by atoms with Gasteiger partial charge in [-0.05, 0) is 30.5 Å². The summed E-state index contributed by atoms with van der Waals surface area (Å²) in [5, 5.41) is 0.728. The lowest BCUT2D eigenvalue weighted by molar-refractivity contribution is -0.143. The second-order valence-corrected chi connectivity index (χ2v) is 4.24. The third-order valence-electron chi connectivity index (χ3n) is 2.62. The highest BCUT2D eigenvalue weighted by molar-refractivity contribution is 6.30. The van der Waals surface area contributed by atoms with Gasteiger partial charge in [0.1, 0.15) is 0 Å². The van der Waals surface area contributed by atoms with Crippen molar-refractivity contribution in [2.24, 2.45) is 0 Å². The smallest absolute Gasteiger partial charge is 0.308 e. The first-order valence-electron chi connectivity index (χ1n) is 5.49. The molecule has 0 aliphatic rings. The second-order valence-electron chi connectivity index (χ2n) is 3.80. The largest absolute Gasteiger partial charge is 0.469 e. The van der Waals surface area contributed by atoms with Gasteiger partial charge in [0.15, 0.2) is 0 Å². The number of halogens is 1. The molecule has 0 spiro atoms. The van der Waals surface area contributed by atoms with Crippen LogP contribution < -0.4 is 0 Å². The van der Waals surface area contributed by atoms with Crippen LogP contribution in [0.15, 0.2) is 24.3 Å². The Morgan fingerprint density at radius 3 is 2.47 bits per heavy atom. The predicted molar refractivity (Wildman–Crippen MR) is 67.2 cm³/mol. The lowest BCUT2D eigenvalue weighted by Gasteiger charge is -2.13. The van der Waals surface area contributed by atoms with Gasteiger partial charge in [-0.3, -0.25) is 4.79 Å². The number of hydrogen-bond acceptors (Lipinski definition) is 3. The van der Waals surface area contributed by atoms with Gasteiger partial charge in [-0.15, -0.1) is 0 Å². The quantitative estimate of drug-likeness (QED) is 0.735. The zero-order valence-corrected chi connectivity index (χ0v) is 10.9. The maximum atomic E-state index is 11.1. The molecule has 0 heterocycles. The maximum absolute atomic E-state index is 11.1. The third-order valence-corrected chi connectivity index (χ3v) is 2.88. The Hall–Kier alpha value is -1.06. The molecular formula is C13H17ClO3. The van der Waals surface area contributed by atoms with Gasteiger partial charge < -0.3 is 9.47 Å². The molecule has 1 rings (SSSR count). The Balaban J connectivity index is 2.42. The summed E-state index contributed by atoms with van der Waals surface area (Å²) in [6.07, 6.45) is 1.83. The van der Waals surface area contributed by atoms with Crippen LogP contribution in [0, 0.1) is 0 Å². The summed E-state index contributed by atoms with van der Waals surface area (Å²) < 4.78 is 9.86. The average Bonchev–Trinajstić information content (AvgIpc) is 2.36. The van der Waals surface area contributed by atoms with Crippen molar-refractivity contribution in [3.05, 3.63) is 34.9 Å². The number of methoxy groups -OCH3 is 2. The molecule has 1 aromatic carbocycles. The summed E-state index contributed by atoms with van der Waals surface area (Å²) in [5.74, 6) is -0.243. The lowest BCUT2D eigenvalue weighted by atomic mass is 10.1. The fraction of sp³-hybridized carbons (Fsp3) is 0.462. The molecule has 17 heavy (non-hydrogen) atoms. The Kier molecular flexibility index (Phi) is 6.01. The van der Waals surface area contributed by atoms with E-state index in [1.54, 1.807) is 7.11 Å². The van der Waals surface area contributed by atoms with Gasteiger partial charge in [0.2, 0.25) is 0 Å². The van der Waals surface area contributed by atoms with E-state index in [9.17, 15) is 4.79 Å². The molecule has 1 aromatic rings. The number of aryl methyl sites for hydroxylation is 1. The fourth-order valence-electron chi connectivity index (χ4n) is 1.55. The van der Waals surface area contributed by atoms with Crippen molar-refractivity contribution in [3.8, 4) is 0 Å². The lowest BCUT2D eigenvalue weighted by Crippen LogP contribution is -2.18. The van der Waals surface area contributed by atoms with Gasteiger partial charge in [0, 0.05) is 12.1 Å². The van der Waals surface area contributed by atoms with E-state index >= 15 is 0 Å². The zero-order chi connectivity index (χ0) is 12.7. The minimum Gasteiger partial charge on any atom is -0.469 e. The minimum absolute atomic E-state index is 0.0990. The molecule has 0 fully saturated rings. The molecule has 0 aliphatic carbocycles. The highest BCUT2D eigenvalue weighted by atomic mass is 35.5. The molecule has 0 aliphatic heterocycles. The number of esters is 1. The van der Waals surface area contributed by atoms with E-state index in [0.717, 1.165) is 17.9 Å². The highest BCUT2D eigenvalue weighted by Crippen LogP contribution is 2.13.